The quantitative estimate of drug-likeness (QED) is 0.891. The van der Waals surface area contributed by atoms with Gasteiger partial charge in [0, 0.05) is 18.3 Å². The molecule has 0 saturated carbocycles. The second-order valence-corrected chi connectivity index (χ2v) is 4.82. The van der Waals surface area contributed by atoms with Crippen LogP contribution in [0.1, 0.15) is 13.8 Å². The van der Waals surface area contributed by atoms with E-state index in [0.29, 0.717) is 11.4 Å². The normalized spacial score (nSPS) is 11.4. The van der Waals surface area contributed by atoms with Gasteiger partial charge in [-0.25, -0.2) is 0 Å². The molecular formula is C17H18N2O3. The van der Waals surface area contributed by atoms with Crippen LogP contribution < -0.4 is 15.4 Å². The predicted octanol–water partition coefficient (Wildman–Crippen LogP) is 3.05. The summed E-state index contributed by atoms with van der Waals surface area (Å²) in [6.07, 6.45) is -0.633. The van der Waals surface area contributed by atoms with Crippen LogP contribution in [0.5, 0.6) is 5.75 Å². The number of hydrogen-bond acceptors (Lipinski definition) is 3. The van der Waals surface area contributed by atoms with Crippen LogP contribution in [-0.2, 0) is 9.59 Å². The number of anilines is 2. The van der Waals surface area contributed by atoms with Gasteiger partial charge >= 0.3 is 0 Å². The third-order valence-electron chi connectivity index (χ3n) is 2.90. The first-order valence-electron chi connectivity index (χ1n) is 6.95. The van der Waals surface area contributed by atoms with Gasteiger partial charge in [0.1, 0.15) is 5.75 Å². The minimum absolute atomic E-state index is 0.135. The van der Waals surface area contributed by atoms with E-state index >= 15 is 0 Å². The second kappa shape index (κ2) is 7.26. The van der Waals surface area contributed by atoms with Gasteiger partial charge in [0.2, 0.25) is 5.91 Å². The molecule has 114 valence electrons. The lowest BCUT2D eigenvalue weighted by molar-refractivity contribution is -0.122. The van der Waals surface area contributed by atoms with Crippen LogP contribution in [0.3, 0.4) is 0 Å². The van der Waals surface area contributed by atoms with Crippen molar-refractivity contribution in [2.75, 3.05) is 10.6 Å². The summed E-state index contributed by atoms with van der Waals surface area (Å²) in [5.41, 5.74) is 1.41. The molecule has 0 saturated heterocycles. The Bertz CT molecular complexity index is 639. The smallest absolute Gasteiger partial charge is 0.265 e. The van der Waals surface area contributed by atoms with Gasteiger partial charge in [0.15, 0.2) is 6.10 Å². The Kier molecular flexibility index (Phi) is 5.14. The molecule has 0 aliphatic carbocycles. The number of para-hydroxylation sites is 1. The second-order valence-electron chi connectivity index (χ2n) is 4.82. The first-order chi connectivity index (χ1) is 10.5. The first-order valence-corrected chi connectivity index (χ1v) is 6.95. The monoisotopic (exact) mass is 298 g/mol. The summed E-state index contributed by atoms with van der Waals surface area (Å²) in [5.74, 6) is 0.200. The lowest BCUT2D eigenvalue weighted by atomic mass is 10.2. The fourth-order valence-electron chi connectivity index (χ4n) is 1.84. The van der Waals surface area contributed by atoms with Crippen molar-refractivity contribution in [1.29, 1.82) is 0 Å². The Morgan fingerprint density at radius 3 is 2.09 bits per heavy atom. The molecule has 0 aliphatic rings. The molecule has 5 heteroatoms. The van der Waals surface area contributed by atoms with Crippen molar-refractivity contribution in [2.24, 2.45) is 0 Å². The van der Waals surface area contributed by atoms with Crippen molar-refractivity contribution in [3.63, 3.8) is 0 Å². The lowest BCUT2D eigenvalue weighted by Crippen LogP contribution is -2.30. The molecule has 0 aliphatic heterocycles. The molecule has 2 aromatic rings. The number of rotatable bonds is 5. The Balaban J connectivity index is 1.92. The highest BCUT2D eigenvalue weighted by Gasteiger charge is 2.14. The maximum atomic E-state index is 12.0. The Labute approximate surface area is 129 Å². The third-order valence-corrected chi connectivity index (χ3v) is 2.90. The summed E-state index contributed by atoms with van der Waals surface area (Å²) in [6, 6.07) is 16.1. The number of benzene rings is 2. The van der Waals surface area contributed by atoms with E-state index in [1.54, 1.807) is 31.2 Å². The van der Waals surface area contributed by atoms with Gasteiger partial charge < -0.3 is 15.4 Å². The molecular weight excluding hydrogens is 280 g/mol. The van der Waals surface area contributed by atoms with Crippen LogP contribution in [0, 0.1) is 0 Å². The maximum Gasteiger partial charge on any atom is 0.265 e. The zero-order valence-electron chi connectivity index (χ0n) is 12.5. The van der Waals surface area contributed by atoms with Crippen LogP contribution in [0.25, 0.3) is 0 Å². The average molecular weight is 298 g/mol. The SMILES string of the molecule is CC(=O)Nc1ccc(O[C@@H](C)C(=O)Nc2ccccc2)cc1. The number of amides is 2. The number of ether oxygens (including phenoxy) is 1. The number of carbonyl (C=O) groups is 2. The standard InChI is InChI=1S/C17H18N2O3/c1-12(17(21)19-14-6-4-3-5-7-14)22-16-10-8-15(9-11-16)18-13(2)20/h3-12H,1-2H3,(H,18,20)(H,19,21)/t12-/m0/s1. The zero-order chi connectivity index (χ0) is 15.9. The fourth-order valence-corrected chi connectivity index (χ4v) is 1.84. The fraction of sp³-hybridized carbons (Fsp3) is 0.176. The Morgan fingerprint density at radius 1 is 0.909 bits per heavy atom. The molecule has 2 amide bonds. The minimum atomic E-state index is -0.633. The van der Waals surface area contributed by atoms with E-state index in [1.807, 2.05) is 30.3 Å². The summed E-state index contributed by atoms with van der Waals surface area (Å²) >= 11 is 0. The molecule has 0 spiro atoms. The van der Waals surface area contributed by atoms with Gasteiger partial charge in [-0.3, -0.25) is 9.59 Å². The summed E-state index contributed by atoms with van der Waals surface area (Å²) in [4.78, 5) is 23.0. The van der Waals surface area contributed by atoms with Gasteiger partial charge in [-0.1, -0.05) is 18.2 Å². The van der Waals surface area contributed by atoms with E-state index in [-0.39, 0.29) is 11.8 Å². The molecule has 1 atom stereocenters. The highest BCUT2D eigenvalue weighted by atomic mass is 16.5. The van der Waals surface area contributed by atoms with Crippen molar-refractivity contribution in [2.45, 2.75) is 20.0 Å². The lowest BCUT2D eigenvalue weighted by Gasteiger charge is -2.15. The highest BCUT2D eigenvalue weighted by molar-refractivity contribution is 5.94. The van der Waals surface area contributed by atoms with Crippen LogP contribution in [-0.4, -0.2) is 17.9 Å². The van der Waals surface area contributed by atoms with Gasteiger partial charge in [-0.05, 0) is 43.3 Å². The van der Waals surface area contributed by atoms with Crippen molar-refractivity contribution < 1.29 is 14.3 Å². The van der Waals surface area contributed by atoms with Crippen LogP contribution in [0.15, 0.2) is 54.6 Å². The van der Waals surface area contributed by atoms with Crippen LogP contribution in [0.2, 0.25) is 0 Å². The van der Waals surface area contributed by atoms with E-state index in [1.165, 1.54) is 6.92 Å². The summed E-state index contributed by atoms with van der Waals surface area (Å²) in [5, 5.41) is 5.45. The van der Waals surface area contributed by atoms with E-state index in [0.717, 1.165) is 5.69 Å². The molecule has 0 heterocycles. The topological polar surface area (TPSA) is 67.4 Å². The molecule has 0 unspecified atom stereocenters. The minimum Gasteiger partial charge on any atom is -0.481 e. The molecule has 0 bridgehead atoms. The van der Waals surface area contributed by atoms with E-state index in [2.05, 4.69) is 10.6 Å². The van der Waals surface area contributed by atoms with Crippen LogP contribution in [0.4, 0.5) is 11.4 Å². The van der Waals surface area contributed by atoms with Crippen molar-refractivity contribution in [1.82, 2.24) is 0 Å². The van der Waals surface area contributed by atoms with E-state index < -0.39 is 6.10 Å². The molecule has 2 aromatic carbocycles. The van der Waals surface area contributed by atoms with Crippen molar-refractivity contribution in [3.8, 4) is 5.75 Å². The van der Waals surface area contributed by atoms with Gasteiger partial charge in [-0.2, -0.15) is 0 Å². The van der Waals surface area contributed by atoms with Gasteiger partial charge in [0.25, 0.3) is 5.91 Å². The molecule has 5 nitrogen and oxygen atoms in total. The number of carbonyl (C=O) groups excluding carboxylic acids is 2. The highest BCUT2D eigenvalue weighted by Crippen LogP contribution is 2.17. The molecule has 0 fully saturated rings. The Morgan fingerprint density at radius 2 is 1.50 bits per heavy atom. The van der Waals surface area contributed by atoms with Gasteiger partial charge in [-0.15, -0.1) is 0 Å². The zero-order valence-corrected chi connectivity index (χ0v) is 12.5. The summed E-state index contributed by atoms with van der Waals surface area (Å²) < 4.78 is 5.58. The Hall–Kier alpha value is -2.82. The van der Waals surface area contributed by atoms with E-state index in [9.17, 15) is 9.59 Å². The molecule has 2 N–H and O–H groups in total. The predicted molar refractivity (Wildman–Crippen MR) is 85.9 cm³/mol. The first kappa shape index (κ1) is 15.6. The largest absolute Gasteiger partial charge is 0.481 e. The number of hydrogen-bond donors (Lipinski definition) is 2. The van der Waals surface area contributed by atoms with Crippen LogP contribution >= 0.6 is 0 Å². The third kappa shape index (κ3) is 4.63. The molecule has 0 aromatic heterocycles. The van der Waals surface area contributed by atoms with Gasteiger partial charge in [0.05, 0.1) is 0 Å². The maximum absolute atomic E-state index is 12.0. The molecule has 2 rings (SSSR count). The summed E-state index contributed by atoms with van der Waals surface area (Å²) in [7, 11) is 0. The molecule has 0 radical (unpaired) electrons. The van der Waals surface area contributed by atoms with Crippen molar-refractivity contribution >= 4 is 23.2 Å². The summed E-state index contributed by atoms with van der Waals surface area (Å²) in [6.45, 7) is 3.13. The van der Waals surface area contributed by atoms with Crippen molar-refractivity contribution in [3.05, 3.63) is 54.6 Å². The van der Waals surface area contributed by atoms with E-state index in [4.69, 9.17) is 4.74 Å². The molecule has 22 heavy (non-hydrogen) atoms. The average Bonchev–Trinajstić information content (AvgIpc) is 2.49. The number of nitrogens with one attached hydrogen (secondary N) is 2.